The van der Waals surface area contributed by atoms with Gasteiger partial charge in [-0.15, -0.1) is 11.8 Å². The normalized spacial score (nSPS) is 18.7. The van der Waals surface area contributed by atoms with Crippen LogP contribution in [0.2, 0.25) is 0 Å². The van der Waals surface area contributed by atoms with Crippen molar-refractivity contribution in [3.8, 4) is 0 Å². The first kappa shape index (κ1) is 27.6. The number of H-pyrrole nitrogens is 1. The Morgan fingerprint density at radius 2 is 2.15 bits per heavy atom. The van der Waals surface area contributed by atoms with Crippen molar-refractivity contribution in [1.29, 1.82) is 0 Å². The molecule has 2 aromatic heterocycles. The van der Waals surface area contributed by atoms with Crippen molar-refractivity contribution in [1.82, 2.24) is 25.4 Å². The Morgan fingerprint density at radius 1 is 1.36 bits per heavy atom. The third-order valence-corrected chi connectivity index (χ3v) is 7.07. The molecule has 2 aliphatic heterocycles. The molecule has 0 radical (unpaired) electrons. The summed E-state index contributed by atoms with van der Waals surface area (Å²) in [6, 6.07) is 0.470. The van der Waals surface area contributed by atoms with Gasteiger partial charge in [-0.25, -0.2) is 14.6 Å². The van der Waals surface area contributed by atoms with Gasteiger partial charge < -0.3 is 24.9 Å². The van der Waals surface area contributed by atoms with Gasteiger partial charge in [-0.1, -0.05) is 5.16 Å². The summed E-state index contributed by atoms with van der Waals surface area (Å²) in [4.78, 5) is 62.2. The summed E-state index contributed by atoms with van der Waals surface area (Å²) >= 11 is 1.34. The molecule has 2 atom stereocenters. The first-order valence-corrected chi connectivity index (χ1v) is 12.8. The van der Waals surface area contributed by atoms with Crippen LogP contribution in [0.5, 0.6) is 0 Å². The lowest BCUT2D eigenvalue weighted by Gasteiger charge is -2.49. The van der Waals surface area contributed by atoms with E-state index >= 15 is 0 Å². The average Bonchev–Trinajstić information content (AvgIpc) is 3.44. The molecule has 1 unspecified atom stereocenters. The first-order valence-electron chi connectivity index (χ1n) is 11.8. The number of aliphatic carboxylic acids is 1. The lowest BCUT2D eigenvalue weighted by atomic mass is 10.0. The predicted octanol–water partition coefficient (Wildman–Crippen LogP) is -1.12. The predicted molar refractivity (Wildman–Crippen MR) is 136 cm³/mol. The number of oxime groups is 1. The summed E-state index contributed by atoms with van der Waals surface area (Å²) in [5.74, 6) is -2.21. The van der Waals surface area contributed by atoms with Crippen molar-refractivity contribution in [2.45, 2.75) is 24.9 Å². The van der Waals surface area contributed by atoms with E-state index in [1.807, 2.05) is 19.0 Å². The Bertz CT molecular complexity index is 1330. The van der Waals surface area contributed by atoms with Crippen molar-refractivity contribution in [2.75, 3.05) is 38.0 Å². The molecule has 0 saturated carbocycles. The van der Waals surface area contributed by atoms with Crippen LogP contribution in [0.25, 0.3) is 0 Å². The maximum Gasteiger partial charge on any atom is 0.352 e. The molecule has 4 heterocycles. The second kappa shape index (κ2) is 11.9. The van der Waals surface area contributed by atoms with Crippen molar-refractivity contribution < 1.29 is 38.4 Å². The lowest BCUT2D eigenvalue weighted by Crippen LogP contribution is -2.71. The molecule has 0 bridgehead atoms. The number of aromatic amines is 1. The topological polar surface area (TPSA) is 183 Å². The molecule has 1 saturated heterocycles. The maximum absolute atomic E-state index is 13.1. The molecule has 1 fully saturated rings. The van der Waals surface area contributed by atoms with Gasteiger partial charge in [-0.3, -0.25) is 19.6 Å². The summed E-state index contributed by atoms with van der Waals surface area (Å²) in [7, 11) is 3.69. The Hall–Kier alpha value is -4.47. The fourth-order valence-corrected chi connectivity index (χ4v) is 5.27. The van der Waals surface area contributed by atoms with E-state index < -0.39 is 41.8 Å². The Morgan fingerprint density at radius 3 is 2.82 bits per heavy atom. The van der Waals surface area contributed by atoms with E-state index in [9.17, 15) is 24.3 Å². The molecular formula is C23H27N8O7S+. The minimum Gasteiger partial charge on any atom is -0.477 e. The lowest BCUT2D eigenvalue weighted by molar-refractivity contribution is -0.688. The van der Waals surface area contributed by atoms with E-state index in [4.69, 9.17) is 9.57 Å². The van der Waals surface area contributed by atoms with Crippen LogP contribution in [0.3, 0.4) is 0 Å². The summed E-state index contributed by atoms with van der Waals surface area (Å²) < 4.78 is 6.57. The summed E-state index contributed by atoms with van der Waals surface area (Å²) in [6.07, 6.45) is 6.51. The molecule has 0 aromatic carbocycles. The fraction of sp³-hybridized carbons (Fsp3) is 0.391. The first-order chi connectivity index (χ1) is 18.7. The quantitative estimate of drug-likeness (QED) is 0.0996. The van der Waals surface area contributed by atoms with Crippen LogP contribution in [0.1, 0.15) is 12.6 Å². The number of esters is 1. The number of aromatic nitrogens is 4. The van der Waals surface area contributed by atoms with Gasteiger partial charge in [0.15, 0.2) is 24.3 Å². The van der Waals surface area contributed by atoms with Crippen LogP contribution in [-0.2, 0) is 35.3 Å². The number of ether oxygens (including phenoxy) is 1. The van der Waals surface area contributed by atoms with E-state index in [-0.39, 0.29) is 30.3 Å². The second-order valence-corrected chi connectivity index (χ2v) is 9.69. The maximum atomic E-state index is 13.1. The molecule has 206 valence electrons. The fourth-order valence-electron chi connectivity index (χ4n) is 3.94. The van der Waals surface area contributed by atoms with Crippen molar-refractivity contribution in [3.63, 3.8) is 0 Å². The number of carbonyl (C=O) groups is 4. The summed E-state index contributed by atoms with van der Waals surface area (Å²) in [5.41, 5.74) is 0.389. The number of nitrogens with one attached hydrogen (secondary N) is 2. The molecule has 3 N–H and O–H groups in total. The largest absolute Gasteiger partial charge is 0.477 e. The van der Waals surface area contributed by atoms with E-state index in [0.29, 0.717) is 17.1 Å². The zero-order chi connectivity index (χ0) is 28.1. The van der Waals surface area contributed by atoms with Gasteiger partial charge >= 0.3 is 11.9 Å². The van der Waals surface area contributed by atoms with Gasteiger partial charge in [-0.05, 0) is 13.0 Å². The standard InChI is InChI=1S/C23H26N8O7S/c1-4-37-16(32)11-38-28-17(14-5-6-25-27-14)20(33)26-18-21(34)31-19(23(35)36)13(12-39-22(18)31)9-30-8-7-24-15(10-30)29(2)3/h5-8,10,18,22H,4,9,11-12H2,1-3H3,(H2-,25,26,27,28,33,35,36)/p+1/t18?,22-/m0/s1. The number of hydrogen-bond acceptors (Lipinski definition) is 11. The monoisotopic (exact) mass is 559 g/mol. The average molecular weight is 560 g/mol. The molecule has 2 amide bonds. The number of carbonyl (C=O) groups excluding carboxylic acids is 3. The highest BCUT2D eigenvalue weighted by Crippen LogP contribution is 2.40. The van der Waals surface area contributed by atoms with Crippen LogP contribution in [0.15, 0.2) is 47.3 Å². The zero-order valence-electron chi connectivity index (χ0n) is 21.4. The highest BCUT2D eigenvalue weighted by molar-refractivity contribution is 8.00. The molecule has 4 rings (SSSR count). The zero-order valence-corrected chi connectivity index (χ0v) is 22.2. The third-order valence-electron chi connectivity index (χ3n) is 5.73. The number of hydrogen-bond donors (Lipinski definition) is 3. The SMILES string of the molecule is CCOC(=O)CON=C(C(=O)NC1C(=O)N2C(C(=O)O)=C(C[n+]3ccnc(N(C)C)c3)CS[C@@H]12)c1ccn[nH]1. The number of fused-ring (bicyclic) bond motifs is 1. The van der Waals surface area contributed by atoms with Crippen molar-refractivity contribution in [3.05, 3.63) is 47.8 Å². The van der Waals surface area contributed by atoms with E-state index in [2.05, 4.69) is 25.7 Å². The van der Waals surface area contributed by atoms with E-state index in [0.717, 1.165) is 0 Å². The van der Waals surface area contributed by atoms with E-state index in [1.54, 1.807) is 30.1 Å². The summed E-state index contributed by atoms with van der Waals surface area (Å²) in [6.45, 7) is 1.53. The summed E-state index contributed by atoms with van der Waals surface area (Å²) in [5, 5.41) is 22.1. The van der Waals surface area contributed by atoms with Gasteiger partial charge in [0.1, 0.15) is 17.1 Å². The number of β-lactam (4-membered cyclic amide) rings is 1. The second-order valence-electron chi connectivity index (χ2n) is 8.59. The minimum absolute atomic E-state index is 0.106. The number of thioether (sulfide) groups is 1. The molecule has 39 heavy (non-hydrogen) atoms. The highest BCUT2D eigenvalue weighted by Gasteiger charge is 2.54. The van der Waals surface area contributed by atoms with Crippen molar-refractivity contribution in [2.24, 2.45) is 5.16 Å². The van der Waals surface area contributed by atoms with Gasteiger partial charge in [0.05, 0.1) is 18.5 Å². The van der Waals surface area contributed by atoms with Gasteiger partial charge in [0, 0.05) is 31.6 Å². The Kier molecular flexibility index (Phi) is 8.43. The van der Waals surface area contributed by atoms with E-state index in [1.165, 1.54) is 28.9 Å². The molecule has 0 aliphatic carbocycles. The van der Waals surface area contributed by atoms with Crippen LogP contribution in [0.4, 0.5) is 5.82 Å². The third kappa shape index (κ3) is 6.00. The highest BCUT2D eigenvalue weighted by atomic mass is 32.2. The smallest absolute Gasteiger partial charge is 0.352 e. The van der Waals surface area contributed by atoms with Gasteiger partial charge in [0.25, 0.3) is 11.8 Å². The Labute approximate surface area is 226 Å². The number of anilines is 1. The number of amides is 2. The van der Waals surface area contributed by atoms with Gasteiger partial charge in [0.2, 0.25) is 12.8 Å². The minimum atomic E-state index is -1.23. The molecule has 16 heteroatoms. The number of nitrogens with zero attached hydrogens (tertiary/aromatic N) is 6. The molecule has 0 spiro atoms. The van der Waals surface area contributed by atoms with Crippen LogP contribution < -0.4 is 14.8 Å². The van der Waals surface area contributed by atoms with Crippen LogP contribution in [-0.4, -0.2) is 99.1 Å². The Balaban J connectivity index is 1.49. The van der Waals surface area contributed by atoms with Gasteiger partial charge in [-0.2, -0.15) is 9.67 Å². The molecule has 2 aliphatic rings. The number of carboxylic acid groups (broad SMARTS) is 1. The number of carboxylic acids is 1. The number of rotatable bonds is 11. The van der Waals surface area contributed by atoms with Crippen LogP contribution >= 0.6 is 11.8 Å². The van der Waals surface area contributed by atoms with Crippen molar-refractivity contribution >= 4 is 47.0 Å². The molecule has 15 nitrogen and oxygen atoms in total. The molecular weight excluding hydrogens is 532 g/mol. The molecule has 2 aromatic rings. The van der Waals surface area contributed by atoms with Crippen LogP contribution in [0, 0.1) is 0 Å².